The number of carbonyl (C=O) groups excluding carboxylic acids is 3. The number of hydrogen-bond donors (Lipinski definition) is 4. The fourth-order valence-corrected chi connectivity index (χ4v) is 1.93. The molecule has 0 fully saturated rings. The molecule has 4 amide bonds. The van der Waals surface area contributed by atoms with E-state index in [0.29, 0.717) is 12.2 Å². The second kappa shape index (κ2) is 7.87. The van der Waals surface area contributed by atoms with Gasteiger partial charge in [0, 0.05) is 6.04 Å². The van der Waals surface area contributed by atoms with Gasteiger partial charge in [0.1, 0.15) is 5.75 Å². The van der Waals surface area contributed by atoms with Crippen LogP contribution in [-0.2, 0) is 16.0 Å². The zero-order chi connectivity index (χ0) is 16.7. The molecule has 1 atom stereocenters. The van der Waals surface area contributed by atoms with Gasteiger partial charge < -0.3 is 26.8 Å². The monoisotopic (exact) mass is 308 g/mol. The van der Waals surface area contributed by atoms with Crippen LogP contribution in [-0.4, -0.2) is 37.0 Å². The maximum Gasteiger partial charge on any atom is 0.316 e. The van der Waals surface area contributed by atoms with Crippen molar-refractivity contribution in [2.45, 2.75) is 25.4 Å². The Kier molecular flexibility index (Phi) is 6.18. The van der Waals surface area contributed by atoms with Gasteiger partial charge in [-0.3, -0.25) is 9.59 Å². The molecule has 0 bridgehead atoms. The average molecular weight is 308 g/mol. The van der Waals surface area contributed by atoms with Crippen molar-refractivity contribution in [1.82, 2.24) is 10.6 Å². The molecule has 22 heavy (non-hydrogen) atoms. The number of carbonyl (C=O) groups is 3. The lowest BCUT2D eigenvalue weighted by molar-refractivity contribution is -0.128. The fraction of sp³-hybridized carbons (Fsp3) is 0.357. The van der Waals surface area contributed by atoms with Gasteiger partial charge in [-0.15, -0.1) is 0 Å². The molecule has 0 radical (unpaired) electrons. The first-order valence-corrected chi connectivity index (χ1v) is 6.62. The number of methoxy groups -OCH3 is 1. The predicted octanol–water partition coefficient (Wildman–Crippen LogP) is -0.735. The van der Waals surface area contributed by atoms with Crippen LogP contribution >= 0.6 is 0 Å². The fourth-order valence-electron chi connectivity index (χ4n) is 1.93. The molecule has 0 aliphatic heterocycles. The van der Waals surface area contributed by atoms with E-state index in [9.17, 15) is 14.4 Å². The van der Waals surface area contributed by atoms with Crippen molar-refractivity contribution in [3.8, 4) is 5.75 Å². The van der Waals surface area contributed by atoms with Crippen molar-refractivity contribution in [1.29, 1.82) is 0 Å². The number of amides is 4. The summed E-state index contributed by atoms with van der Waals surface area (Å²) in [7, 11) is 1.56. The molecular formula is C14H20N4O4. The van der Waals surface area contributed by atoms with Crippen LogP contribution in [0.1, 0.15) is 12.5 Å². The standard InChI is InChI=1S/C14H20N4O4/c1-8(7-9-5-3-4-6-10(9)22-2)17-14(21)18-11(12(15)19)13(16)20/h3-6,8,11H,7H2,1-2H3,(H2,15,19)(H2,16,20)(H2,17,18,21)/t8-/m0/s1. The van der Waals surface area contributed by atoms with Crippen molar-refractivity contribution >= 4 is 17.8 Å². The summed E-state index contributed by atoms with van der Waals surface area (Å²) < 4.78 is 5.23. The SMILES string of the molecule is COc1ccccc1C[C@H](C)NC(=O)NC(C(N)=O)C(N)=O. The molecule has 6 N–H and O–H groups in total. The second-order valence-electron chi connectivity index (χ2n) is 4.77. The van der Waals surface area contributed by atoms with Gasteiger partial charge >= 0.3 is 6.03 Å². The van der Waals surface area contributed by atoms with Gasteiger partial charge in [0.2, 0.25) is 11.8 Å². The normalized spacial score (nSPS) is 11.6. The first-order chi connectivity index (χ1) is 10.3. The van der Waals surface area contributed by atoms with Crippen molar-refractivity contribution in [2.75, 3.05) is 7.11 Å². The van der Waals surface area contributed by atoms with E-state index >= 15 is 0 Å². The lowest BCUT2D eigenvalue weighted by Gasteiger charge is -2.18. The molecule has 0 aromatic heterocycles. The highest BCUT2D eigenvalue weighted by Crippen LogP contribution is 2.18. The van der Waals surface area contributed by atoms with E-state index in [-0.39, 0.29) is 6.04 Å². The van der Waals surface area contributed by atoms with E-state index in [1.807, 2.05) is 24.3 Å². The highest BCUT2D eigenvalue weighted by Gasteiger charge is 2.24. The quantitative estimate of drug-likeness (QED) is 0.493. The van der Waals surface area contributed by atoms with Gasteiger partial charge in [-0.1, -0.05) is 18.2 Å². The van der Waals surface area contributed by atoms with Crippen LogP contribution in [0.5, 0.6) is 5.75 Å². The lowest BCUT2D eigenvalue weighted by atomic mass is 10.1. The number of primary amides is 2. The summed E-state index contributed by atoms with van der Waals surface area (Å²) in [5.74, 6) is -1.32. The van der Waals surface area contributed by atoms with Crippen LogP contribution < -0.4 is 26.8 Å². The minimum Gasteiger partial charge on any atom is -0.496 e. The summed E-state index contributed by atoms with van der Waals surface area (Å²) in [6, 6.07) is 4.89. The van der Waals surface area contributed by atoms with Gasteiger partial charge in [0.05, 0.1) is 7.11 Å². The molecule has 0 saturated carbocycles. The summed E-state index contributed by atoms with van der Waals surface area (Å²) >= 11 is 0. The van der Waals surface area contributed by atoms with E-state index in [2.05, 4.69) is 10.6 Å². The Morgan fingerprint density at radius 3 is 2.27 bits per heavy atom. The van der Waals surface area contributed by atoms with E-state index < -0.39 is 23.9 Å². The first-order valence-electron chi connectivity index (χ1n) is 6.62. The topological polar surface area (TPSA) is 137 Å². The Bertz CT molecular complexity index is 548. The number of ether oxygens (including phenoxy) is 1. The molecule has 0 aliphatic carbocycles. The van der Waals surface area contributed by atoms with Gasteiger partial charge in [-0.2, -0.15) is 0 Å². The van der Waals surface area contributed by atoms with Crippen molar-refractivity contribution < 1.29 is 19.1 Å². The minimum absolute atomic E-state index is 0.266. The molecule has 0 aliphatic rings. The number of para-hydroxylation sites is 1. The third-order valence-corrected chi connectivity index (χ3v) is 2.94. The third kappa shape index (κ3) is 4.97. The molecule has 120 valence electrons. The van der Waals surface area contributed by atoms with Crippen LogP contribution in [0.2, 0.25) is 0 Å². The Hall–Kier alpha value is -2.77. The molecule has 1 aromatic carbocycles. The maximum atomic E-state index is 11.7. The molecule has 8 heteroatoms. The van der Waals surface area contributed by atoms with E-state index in [1.54, 1.807) is 14.0 Å². The van der Waals surface area contributed by atoms with Crippen LogP contribution in [0, 0.1) is 0 Å². The summed E-state index contributed by atoms with van der Waals surface area (Å²) in [5.41, 5.74) is 10.9. The third-order valence-electron chi connectivity index (χ3n) is 2.94. The Labute approximate surface area is 128 Å². The van der Waals surface area contributed by atoms with Crippen LogP contribution in [0.4, 0.5) is 4.79 Å². The van der Waals surface area contributed by atoms with Crippen molar-refractivity contribution in [2.24, 2.45) is 11.5 Å². The zero-order valence-electron chi connectivity index (χ0n) is 12.5. The second-order valence-corrected chi connectivity index (χ2v) is 4.77. The summed E-state index contributed by atoms with van der Waals surface area (Å²) in [6.45, 7) is 1.77. The zero-order valence-corrected chi connectivity index (χ0v) is 12.5. The molecule has 1 aromatic rings. The first kappa shape index (κ1) is 17.3. The number of nitrogens with two attached hydrogens (primary N) is 2. The lowest BCUT2D eigenvalue weighted by Crippen LogP contribution is -2.56. The van der Waals surface area contributed by atoms with Crippen LogP contribution in [0.15, 0.2) is 24.3 Å². The smallest absolute Gasteiger partial charge is 0.316 e. The van der Waals surface area contributed by atoms with E-state index in [0.717, 1.165) is 5.56 Å². The van der Waals surface area contributed by atoms with Gasteiger partial charge in [-0.05, 0) is 25.0 Å². The molecule has 0 spiro atoms. The number of urea groups is 1. The Morgan fingerprint density at radius 2 is 1.73 bits per heavy atom. The number of nitrogens with one attached hydrogen (secondary N) is 2. The summed E-state index contributed by atoms with van der Waals surface area (Å²) in [5, 5.41) is 4.73. The highest BCUT2D eigenvalue weighted by molar-refractivity contribution is 6.05. The molecule has 0 saturated heterocycles. The summed E-state index contributed by atoms with van der Waals surface area (Å²) in [4.78, 5) is 33.7. The molecule has 1 rings (SSSR count). The molecule has 0 heterocycles. The Morgan fingerprint density at radius 1 is 1.14 bits per heavy atom. The number of hydrogen-bond acceptors (Lipinski definition) is 4. The van der Waals surface area contributed by atoms with E-state index in [4.69, 9.17) is 16.2 Å². The highest BCUT2D eigenvalue weighted by atomic mass is 16.5. The van der Waals surface area contributed by atoms with Crippen molar-refractivity contribution in [3.63, 3.8) is 0 Å². The Balaban J connectivity index is 2.61. The van der Waals surface area contributed by atoms with E-state index in [1.165, 1.54) is 0 Å². The van der Waals surface area contributed by atoms with Crippen molar-refractivity contribution in [3.05, 3.63) is 29.8 Å². The van der Waals surface area contributed by atoms with Crippen LogP contribution in [0.25, 0.3) is 0 Å². The van der Waals surface area contributed by atoms with Crippen LogP contribution in [0.3, 0.4) is 0 Å². The predicted molar refractivity (Wildman–Crippen MR) is 80.0 cm³/mol. The summed E-state index contributed by atoms with van der Waals surface area (Å²) in [6.07, 6.45) is 0.509. The van der Waals surface area contributed by atoms with Gasteiger partial charge in [-0.25, -0.2) is 4.79 Å². The molecule has 0 unspecified atom stereocenters. The largest absolute Gasteiger partial charge is 0.496 e. The number of benzene rings is 1. The number of rotatable bonds is 7. The van der Waals surface area contributed by atoms with Gasteiger partial charge in [0.25, 0.3) is 0 Å². The van der Waals surface area contributed by atoms with Gasteiger partial charge in [0.15, 0.2) is 6.04 Å². The molecular weight excluding hydrogens is 288 g/mol. The molecule has 8 nitrogen and oxygen atoms in total. The average Bonchev–Trinajstić information content (AvgIpc) is 2.44. The minimum atomic E-state index is -1.54. The maximum absolute atomic E-state index is 11.7.